The highest BCUT2D eigenvalue weighted by molar-refractivity contribution is 5.44. The first-order valence-electron chi connectivity index (χ1n) is 9.32. The van der Waals surface area contributed by atoms with Crippen LogP contribution in [0.1, 0.15) is 43.5 Å². The van der Waals surface area contributed by atoms with Gasteiger partial charge in [-0.05, 0) is 24.1 Å². The van der Waals surface area contributed by atoms with Crippen LogP contribution in [0.2, 0.25) is 0 Å². The second-order valence-electron chi connectivity index (χ2n) is 7.42. The molecule has 1 atom stereocenters. The summed E-state index contributed by atoms with van der Waals surface area (Å²) in [6.07, 6.45) is 1.04. The fourth-order valence-electron chi connectivity index (χ4n) is 3.25. The van der Waals surface area contributed by atoms with Gasteiger partial charge in [0.25, 0.3) is 0 Å². The molecule has 1 saturated heterocycles. The van der Waals surface area contributed by atoms with Crippen molar-refractivity contribution < 1.29 is 9.47 Å². The Balaban J connectivity index is 1.86. The molecule has 2 heterocycles. The SMILES string of the molecule is COc1cc(OC)cc(C2CCN(c3nc(C(C)C)nc(N(C)C)n3)C2)c1. The molecule has 0 amide bonds. The zero-order valence-corrected chi connectivity index (χ0v) is 17.1. The van der Waals surface area contributed by atoms with Gasteiger partial charge in [-0.25, -0.2) is 0 Å². The number of hydrogen-bond donors (Lipinski definition) is 0. The van der Waals surface area contributed by atoms with E-state index < -0.39 is 0 Å². The van der Waals surface area contributed by atoms with Crippen molar-refractivity contribution in [3.05, 3.63) is 29.6 Å². The molecule has 0 aliphatic carbocycles. The first-order chi connectivity index (χ1) is 12.9. The molecule has 0 spiro atoms. The lowest BCUT2D eigenvalue weighted by Crippen LogP contribution is -2.25. The quantitative estimate of drug-likeness (QED) is 0.773. The van der Waals surface area contributed by atoms with E-state index in [0.717, 1.165) is 42.8 Å². The smallest absolute Gasteiger partial charge is 0.230 e. The average molecular weight is 371 g/mol. The van der Waals surface area contributed by atoms with Gasteiger partial charge in [-0.1, -0.05) is 13.8 Å². The molecular weight excluding hydrogens is 342 g/mol. The van der Waals surface area contributed by atoms with E-state index in [1.54, 1.807) is 14.2 Å². The second kappa shape index (κ2) is 7.98. The van der Waals surface area contributed by atoms with E-state index in [9.17, 15) is 0 Å². The minimum Gasteiger partial charge on any atom is -0.497 e. The maximum Gasteiger partial charge on any atom is 0.230 e. The molecule has 7 heteroatoms. The highest BCUT2D eigenvalue weighted by atomic mass is 16.5. The van der Waals surface area contributed by atoms with Gasteiger partial charge in [0.2, 0.25) is 11.9 Å². The molecule has 1 unspecified atom stereocenters. The summed E-state index contributed by atoms with van der Waals surface area (Å²) in [6.45, 7) is 5.99. The van der Waals surface area contributed by atoms with E-state index in [0.29, 0.717) is 11.9 Å². The van der Waals surface area contributed by atoms with Crippen LogP contribution in [-0.2, 0) is 0 Å². The van der Waals surface area contributed by atoms with Crippen LogP contribution in [0.25, 0.3) is 0 Å². The summed E-state index contributed by atoms with van der Waals surface area (Å²) in [5.74, 6) is 4.57. The first kappa shape index (κ1) is 19.2. The van der Waals surface area contributed by atoms with E-state index in [4.69, 9.17) is 14.5 Å². The molecule has 27 heavy (non-hydrogen) atoms. The normalized spacial score (nSPS) is 16.7. The molecular formula is C20H29N5O2. The highest BCUT2D eigenvalue weighted by Gasteiger charge is 2.27. The number of hydrogen-bond acceptors (Lipinski definition) is 7. The van der Waals surface area contributed by atoms with Crippen molar-refractivity contribution in [2.75, 3.05) is 51.2 Å². The van der Waals surface area contributed by atoms with Crippen LogP contribution in [0.15, 0.2) is 18.2 Å². The Kier molecular flexibility index (Phi) is 5.68. The van der Waals surface area contributed by atoms with Gasteiger partial charge in [-0.3, -0.25) is 0 Å². The van der Waals surface area contributed by atoms with Crippen molar-refractivity contribution in [3.63, 3.8) is 0 Å². The summed E-state index contributed by atoms with van der Waals surface area (Å²) in [7, 11) is 7.28. The van der Waals surface area contributed by atoms with Crippen molar-refractivity contribution in [3.8, 4) is 11.5 Å². The fraction of sp³-hybridized carbons (Fsp3) is 0.550. The minimum absolute atomic E-state index is 0.256. The summed E-state index contributed by atoms with van der Waals surface area (Å²) >= 11 is 0. The van der Waals surface area contributed by atoms with Crippen molar-refractivity contribution in [2.24, 2.45) is 0 Å². The lowest BCUT2D eigenvalue weighted by molar-refractivity contribution is 0.393. The Morgan fingerprint density at radius 3 is 2.26 bits per heavy atom. The van der Waals surface area contributed by atoms with Crippen LogP contribution in [0.4, 0.5) is 11.9 Å². The average Bonchev–Trinajstić information content (AvgIpc) is 3.17. The molecule has 2 aromatic rings. The Hall–Kier alpha value is -2.57. The van der Waals surface area contributed by atoms with Crippen LogP contribution < -0.4 is 19.3 Å². The van der Waals surface area contributed by atoms with E-state index >= 15 is 0 Å². The highest BCUT2D eigenvalue weighted by Crippen LogP contribution is 2.34. The number of aromatic nitrogens is 3. The van der Waals surface area contributed by atoms with Gasteiger partial charge in [0, 0.05) is 45.1 Å². The zero-order valence-electron chi connectivity index (χ0n) is 17.1. The number of nitrogens with zero attached hydrogens (tertiary/aromatic N) is 5. The van der Waals surface area contributed by atoms with Crippen molar-refractivity contribution in [1.82, 2.24) is 15.0 Å². The third kappa shape index (κ3) is 4.23. The monoisotopic (exact) mass is 371 g/mol. The van der Waals surface area contributed by atoms with Gasteiger partial charge < -0.3 is 19.3 Å². The number of ether oxygens (including phenoxy) is 2. The minimum atomic E-state index is 0.256. The van der Waals surface area contributed by atoms with E-state index in [1.165, 1.54) is 5.56 Å². The Morgan fingerprint density at radius 1 is 1.04 bits per heavy atom. The Bertz CT molecular complexity index is 745. The fourth-order valence-corrected chi connectivity index (χ4v) is 3.25. The molecule has 1 aromatic carbocycles. The molecule has 1 aliphatic rings. The van der Waals surface area contributed by atoms with Crippen LogP contribution in [0.3, 0.4) is 0 Å². The van der Waals surface area contributed by atoms with Crippen molar-refractivity contribution in [1.29, 1.82) is 0 Å². The Labute approximate surface area is 161 Å². The number of anilines is 2. The topological polar surface area (TPSA) is 63.6 Å². The van der Waals surface area contributed by atoms with Crippen LogP contribution in [-0.4, -0.2) is 56.4 Å². The zero-order chi connectivity index (χ0) is 19.6. The van der Waals surface area contributed by atoms with Crippen molar-refractivity contribution >= 4 is 11.9 Å². The summed E-state index contributed by atoms with van der Waals surface area (Å²) < 4.78 is 10.8. The lowest BCUT2D eigenvalue weighted by atomic mass is 9.98. The maximum atomic E-state index is 5.42. The number of benzene rings is 1. The molecule has 1 fully saturated rings. The van der Waals surface area contributed by atoms with Gasteiger partial charge in [0.05, 0.1) is 14.2 Å². The standard InChI is InChI=1S/C20H29N5O2/c1-13(2)18-21-19(24(3)4)23-20(22-18)25-8-7-14(12-25)15-9-16(26-5)11-17(10-15)27-6/h9-11,13-14H,7-8,12H2,1-6H3. The molecule has 3 rings (SSSR count). The summed E-state index contributed by atoms with van der Waals surface area (Å²) in [6, 6.07) is 6.09. The van der Waals surface area contributed by atoms with Crippen LogP contribution >= 0.6 is 0 Å². The van der Waals surface area contributed by atoms with E-state index in [-0.39, 0.29) is 5.92 Å². The van der Waals surface area contributed by atoms with Gasteiger partial charge in [-0.15, -0.1) is 0 Å². The van der Waals surface area contributed by atoms with E-state index in [2.05, 4.69) is 40.8 Å². The predicted molar refractivity (Wildman–Crippen MR) is 107 cm³/mol. The summed E-state index contributed by atoms with van der Waals surface area (Å²) in [5, 5.41) is 0. The first-order valence-corrected chi connectivity index (χ1v) is 9.32. The van der Waals surface area contributed by atoms with Gasteiger partial charge in [0.15, 0.2) is 0 Å². The maximum absolute atomic E-state index is 5.42. The van der Waals surface area contributed by atoms with Gasteiger partial charge in [-0.2, -0.15) is 15.0 Å². The molecule has 0 N–H and O–H groups in total. The summed E-state index contributed by atoms with van der Waals surface area (Å²) in [5.41, 5.74) is 1.22. The van der Waals surface area contributed by atoms with Gasteiger partial charge >= 0.3 is 0 Å². The van der Waals surface area contributed by atoms with Crippen LogP contribution in [0, 0.1) is 0 Å². The number of rotatable bonds is 6. The molecule has 7 nitrogen and oxygen atoms in total. The molecule has 0 radical (unpaired) electrons. The Morgan fingerprint density at radius 2 is 1.70 bits per heavy atom. The number of methoxy groups -OCH3 is 2. The van der Waals surface area contributed by atoms with Crippen LogP contribution in [0.5, 0.6) is 11.5 Å². The van der Waals surface area contributed by atoms with Crippen molar-refractivity contribution in [2.45, 2.75) is 32.1 Å². The molecule has 0 saturated carbocycles. The molecule has 0 bridgehead atoms. The van der Waals surface area contributed by atoms with E-state index in [1.807, 2.05) is 25.1 Å². The third-order valence-electron chi connectivity index (χ3n) is 4.86. The molecule has 1 aliphatic heterocycles. The lowest BCUT2D eigenvalue weighted by Gasteiger charge is -2.20. The second-order valence-corrected chi connectivity index (χ2v) is 7.42. The molecule has 1 aromatic heterocycles. The predicted octanol–water partition coefficient (Wildman–Crippen LogP) is 3.07. The third-order valence-corrected chi connectivity index (χ3v) is 4.86. The molecule has 146 valence electrons. The summed E-state index contributed by atoms with van der Waals surface area (Å²) in [4.78, 5) is 18.1. The van der Waals surface area contributed by atoms with Gasteiger partial charge in [0.1, 0.15) is 17.3 Å². The largest absolute Gasteiger partial charge is 0.497 e.